The lowest BCUT2D eigenvalue weighted by Gasteiger charge is -2.23. The number of thiophene rings is 2. The van der Waals surface area contributed by atoms with Gasteiger partial charge in [0, 0.05) is 35.7 Å². The third-order valence-corrected chi connectivity index (χ3v) is 9.88. The summed E-state index contributed by atoms with van der Waals surface area (Å²) < 4.78 is 41.3. The SMILES string of the molecule is C=C(C)C(F)(F)c1sc2c(c1CNC(=O)Nc1sc3c(c1C(=O)OC1CCOCC1)CCCC3)CCNC2. The molecule has 7 nitrogen and oxygen atoms in total. The Kier molecular flexibility index (Phi) is 8.18. The van der Waals surface area contributed by atoms with Gasteiger partial charge in [-0.2, -0.15) is 8.78 Å². The highest BCUT2D eigenvalue weighted by Crippen LogP contribution is 2.44. The molecule has 0 saturated carbocycles. The van der Waals surface area contributed by atoms with Crippen LogP contribution in [0.3, 0.4) is 0 Å². The molecule has 1 fully saturated rings. The van der Waals surface area contributed by atoms with Gasteiger partial charge in [0.05, 0.1) is 23.7 Å². The number of alkyl halides is 2. The van der Waals surface area contributed by atoms with Crippen LogP contribution < -0.4 is 16.0 Å². The first-order valence-corrected chi connectivity index (χ1v) is 14.8. The molecule has 1 saturated heterocycles. The molecular formula is C27H33F2N3O4S2. The fourth-order valence-electron chi connectivity index (χ4n) is 5.22. The predicted octanol–water partition coefficient (Wildman–Crippen LogP) is 5.66. The number of nitrogens with one attached hydrogen (secondary N) is 3. The van der Waals surface area contributed by atoms with E-state index in [-0.39, 0.29) is 23.1 Å². The lowest BCUT2D eigenvalue weighted by atomic mass is 9.95. The largest absolute Gasteiger partial charge is 0.459 e. The number of allylic oxidation sites excluding steroid dienone is 1. The highest BCUT2D eigenvalue weighted by Gasteiger charge is 2.39. The number of amides is 2. The summed E-state index contributed by atoms with van der Waals surface area (Å²) in [6.45, 7) is 7.12. The third kappa shape index (κ3) is 5.52. The van der Waals surface area contributed by atoms with Crippen molar-refractivity contribution in [1.29, 1.82) is 0 Å². The van der Waals surface area contributed by atoms with Crippen LogP contribution in [0.1, 0.15) is 74.3 Å². The van der Waals surface area contributed by atoms with Gasteiger partial charge in [-0.1, -0.05) is 6.58 Å². The Balaban J connectivity index is 1.34. The Morgan fingerprint density at radius 1 is 1.13 bits per heavy atom. The zero-order chi connectivity index (χ0) is 26.9. The number of carbonyl (C=O) groups is 2. The van der Waals surface area contributed by atoms with Crippen LogP contribution in [-0.4, -0.2) is 37.9 Å². The van der Waals surface area contributed by atoms with Crippen LogP contribution in [0.15, 0.2) is 12.2 Å². The van der Waals surface area contributed by atoms with Crippen molar-refractivity contribution in [2.75, 3.05) is 25.1 Å². The number of ether oxygens (including phenoxy) is 2. The van der Waals surface area contributed by atoms with Gasteiger partial charge in [-0.3, -0.25) is 5.32 Å². The quantitative estimate of drug-likeness (QED) is 0.298. The van der Waals surface area contributed by atoms with Crippen molar-refractivity contribution in [3.63, 3.8) is 0 Å². The molecule has 2 aromatic rings. The van der Waals surface area contributed by atoms with Gasteiger partial charge in [0.1, 0.15) is 11.1 Å². The first-order chi connectivity index (χ1) is 18.3. The summed E-state index contributed by atoms with van der Waals surface area (Å²) in [5.74, 6) is -3.60. The van der Waals surface area contributed by atoms with E-state index in [4.69, 9.17) is 9.47 Å². The van der Waals surface area contributed by atoms with E-state index in [1.54, 1.807) is 0 Å². The predicted molar refractivity (Wildman–Crippen MR) is 145 cm³/mol. The molecule has 0 unspecified atom stereocenters. The van der Waals surface area contributed by atoms with Crippen LogP contribution in [0.2, 0.25) is 0 Å². The number of rotatable bonds is 7. The molecule has 0 atom stereocenters. The fraction of sp³-hybridized carbons (Fsp3) is 0.556. The van der Waals surface area contributed by atoms with Gasteiger partial charge in [-0.15, -0.1) is 22.7 Å². The maximum absolute atomic E-state index is 15.1. The summed E-state index contributed by atoms with van der Waals surface area (Å²) in [6, 6.07) is -0.540. The normalized spacial score (nSPS) is 17.9. The van der Waals surface area contributed by atoms with E-state index in [1.807, 2.05) is 0 Å². The summed E-state index contributed by atoms with van der Waals surface area (Å²) in [4.78, 5) is 28.2. The van der Waals surface area contributed by atoms with Gasteiger partial charge in [0.15, 0.2) is 0 Å². The molecule has 3 aliphatic rings. The van der Waals surface area contributed by atoms with Crippen LogP contribution >= 0.6 is 22.7 Å². The van der Waals surface area contributed by atoms with Gasteiger partial charge >= 0.3 is 17.9 Å². The van der Waals surface area contributed by atoms with Crippen LogP contribution in [0.4, 0.5) is 18.6 Å². The average molecular weight is 566 g/mol. The number of esters is 1. The van der Waals surface area contributed by atoms with E-state index >= 15 is 8.78 Å². The van der Waals surface area contributed by atoms with E-state index in [9.17, 15) is 9.59 Å². The Morgan fingerprint density at radius 3 is 2.66 bits per heavy atom. The molecule has 3 N–H and O–H groups in total. The number of anilines is 1. The molecule has 0 spiro atoms. The van der Waals surface area contributed by atoms with Crippen LogP contribution in [0, 0.1) is 0 Å². The van der Waals surface area contributed by atoms with E-state index in [0.29, 0.717) is 61.7 Å². The van der Waals surface area contributed by atoms with E-state index in [1.165, 1.54) is 18.3 Å². The summed E-state index contributed by atoms with van der Waals surface area (Å²) in [7, 11) is 0. The van der Waals surface area contributed by atoms with Crippen molar-refractivity contribution in [3.8, 4) is 0 Å². The maximum atomic E-state index is 15.1. The average Bonchev–Trinajstić information content (AvgIpc) is 3.46. The lowest BCUT2D eigenvalue weighted by molar-refractivity contribution is -0.0159. The van der Waals surface area contributed by atoms with Crippen molar-refractivity contribution >= 4 is 39.7 Å². The molecule has 206 valence electrons. The minimum atomic E-state index is -3.18. The zero-order valence-electron chi connectivity index (χ0n) is 21.5. The number of hydrogen-bond acceptors (Lipinski definition) is 7. The Bertz CT molecular complexity index is 1230. The first kappa shape index (κ1) is 27.2. The van der Waals surface area contributed by atoms with Gasteiger partial charge < -0.3 is 20.1 Å². The minimum absolute atomic E-state index is 0.0389. The molecule has 0 aromatic carbocycles. The molecular weight excluding hydrogens is 532 g/mol. The van der Waals surface area contributed by atoms with Crippen LogP contribution in [0.25, 0.3) is 0 Å². The molecule has 1 aliphatic carbocycles. The summed E-state index contributed by atoms with van der Waals surface area (Å²) in [6.07, 6.45) is 5.35. The Hall–Kier alpha value is -2.34. The van der Waals surface area contributed by atoms with Gasteiger partial charge in [-0.25, -0.2) is 9.59 Å². The van der Waals surface area contributed by atoms with Crippen molar-refractivity contribution in [3.05, 3.63) is 49.0 Å². The number of urea groups is 1. The van der Waals surface area contributed by atoms with Crippen LogP contribution in [0.5, 0.6) is 0 Å². The summed E-state index contributed by atoms with van der Waals surface area (Å²) >= 11 is 2.48. The van der Waals surface area contributed by atoms with E-state index < -0.39 is 17.9 Å². The molecule has 2 aromatic heterocycles. The number of carbonyl (C=O) groups excluding carboxylic acids is 2. The third-order valence-electron chi connectivity index (χ3n) is 7.33. The zero-order valence-corrected chi connectivity index (χ0v) is 23.1. The molecule has 0 radical (unpaired) electrons. The van der Waals surface area contributed by atoms with Crippen molar-refractivity contribution in [2.45, 2.75) is 77.0 Å². The van der Waals surface area contributed by atoms with Crippen molar-refractivity contribution in [2.24, 2.45) is 0 Å². The highest BCUT2D eigenvalue weighted by atomic mass is 32.1. The number of halogens is 2. The summed E-state index contributed by atoms with van der Waals surface area (Å²) in [5.41, 5.74) is 2.49. The Labute approximate surface area is 229 Å². The van der Waals surface area contributed by atoms with Crippen LogP contribution in [-0.2, 0) is 47.7 Å². The van der Waals surface area contributed by atoms with E-state index in [2.05, 4.69) is 22.5 Å². The molecule has 2 aliphatic heterocycles. The molecule has 2 amide bonds. The van der Waals surface area contributed by atoms with Gasteiger partial charge in [0.2, 0.25) is 0 Å². The number of fused-ring (bicyclic) bond motifs is 2. The second-order valence-electron chi connectivity index (χ2n) is 10.0. The lowest BCUT2D eigenvalue weighted by Crippen LogP contribution is -2.31. The smallest absolute Gasteiger partial charge is 0.341 e. The van der Waals surface area contributed by atoms with Gasteiger partial charge in [0.25, 0.3) is 0 Å². The fourth-order valence-corrected chi connectivity index (χ4v) is 7.89. The van der Waals surface area contributed by atoms with Crippen molar-refractivity contribution in [1.82, 2.24) is 10.6 Å². The molecule has 38 heavy (non-hydrogen) atoms. The molecule has 11 heteroatoms. The monoisotopic (exact) mass is 565 g/mol. The molecule has 5 rings (SSSR count). The van der Waals surface area contributed by atoms with Gasteiger partial charge in [-0.05, 0) is 67.8 Å². The second kappa shape index (κ2) is 11.4. The Morgan fingerprint density at radius 2 is 1.89 bits per heavy atom. The standard InChI is InChI=1S/C27H33F2N3O4S2/c1-15(2)27(28,29)23-19(17-7-10-30-14-21(17)37-23)13-31-26(34)32-24-22(18-5-3-4-6-20(18)38-24)25(33)36-16-8-11-35-12-9-16/h16,30H,1,3-14H2,2H3,(H2,31,32,34). The molecule has 0 bridgehead atoms. The topological polar surface area (TPSA) is 88.7 Å². The minimum Gasteiger partial charge on any atom is -0.459 e. The van der Waals surface area contributed by atoms with E-state index in [0.717, 1.165) is 57.9 Å². The second-order valence-corrected chi connectivity index (χ2v) is 12.2. The highest BCUT2D eigenvalue weighted by molar-refractivity contribution is 7.17. The van der Waals surface area contributed by atoms with Crippen molar-refractivity contribution < 1.29 is 27.8 Å². The summed E-state index contributed by atoms with van der Waals surface area (Å²) in [5, 5.41) is 9.29. The number of aryl methyl sites for hydroxylation is 1. The first-order valence-electron chi connectivity index (χ1n) is 13.1. The number of hydrogen-bond donors (Lipinski definition) is 3. The molecule has 4 heterocycles. The maximum Gasteiger partial charge on any atom is 0.341 e.